The van der Waals surface area contributed by atoms with Gasteiger partial charge in [0, 0.05) is 37.3 Å². The van der Waals surface area contributed by atoms with Gasteiger partial charge in [0.05, 0.1) is 0 Å². The summed E-state index contributed by atoms with van der Waals surface area (Å²) in [5.41, 5.74) is 1.26. The van der Waals surface area contributed by atoms with Crippen LogP contribution in [0.15, 0.2) is 0 Å². The van der Waals surface area contributed by atoms with Gasteiger partial charge in [0.1, 0.15) is 0 Å². The number of hydrogen-bond acceptors (Lipinski definition) is 3. The molecule has 0 aromatic rings. The Kier molecular flexibility index (Phi) is 12.5. The van der Waals surface area contributed by atoms with Crippen LogP contribution in [0, 0.1) is 5.41 Å². The molecule has 0 aliphatic carbocycles. The summed E-state index contributed by atoms with van der Waals surface area (Å²) in [6.45, 7) is 33.7. The Hall–Kier alpha value is -0.120. The van der Waals surface area contributed by atoms with E-state index in [1.165, 1.54) is 71.5 Å². The molecule has 0 atom stereocenters. The van der Waals surface area contributed by atoms with Crippen LogP contribution >= 0.6 is 0 Å². The fourth-order valence-corrected chi connectivity index (χ4v) is 3.52. The summed E-state index contributed by atoms with van der Waals surface area (Å²) in [5, 5.41) is 0. The van der Waals surface area contributed by atoms with Crippen LogP contribution in [-0.4, -0.2) is 71.6 Å². The quantitative estimate of drug-likeness (QED) is 0.554. The lowest BCUT2D eigenvalue weighted by molar-refractivity contribution is 0.0624. The van der Waals surface area contributed by atoms with Gasteiger partial charge in [-0.3, -0.25) is 9.80 Å². The normalized spacial score (nSPS) is 20.7. The summed E-state index contributed by atoms with van der Waals surface area (Å²) in [4.78, 5) is 7.73. The highest BCUT2D eigenvalue weighted by Crippen LogP contribution is 2.19. The highest BCUT2D eigenvalue weighted by atomic mass is 15.3. The van der Waals surface area contributed by atoms with E-state index in [-0.39, 0.29) is 0 Å². The SMILES string of the molecule is CC(C)(C)C.CC(C)(C)N1CCCCC1.CCCN1CCN(C(C)(C)C)CC1. The van der Waals surface area contributed by atoms with Crippen molar-refractivity contribution in [1.29, 1.82) is 0 Å². The van der Waals surface area contributed by atoms with Gasteiger partial charge >= 0.3 is 0 Å². The number of likely N-dealkylation sites (tertiary alicyclic amines) is 1. The molecule has 0 saturated carbocycles. The fourth-order valence-electron chi connectivity index (χ4n) is 3.52. The molecular weight excluding hydrogens is 342 g/mol. The van der Waals surface area contributed by atoms with Gasteiger partial charge in [0.2, 0.25) is 0 Å². The summed E-state index contributed by atoms with van der Waals surface area (Å²) in [7, 11) is 0. The Balaban J connectivity index is 0.000000431. The second-order valence-electron chi connectivity index (χ2n) is 12.2. The molecular formula is C25H55N3. The second-order valence-corrected chi connectivity index (χ2v) is 12.2. The Labute approximate surface area is 179 Å². The molecule has 0 aromatic heterocycles. The van der Waals surface area contributed by atoms with Gasteiger partial charge in [-0.1, -0.05) is 41.0 Å². The van der Waals surface area contributed by atoms with E-state index in [4.69, 9.17) is 0 Å². The lowest BCUT2D eigenvalue weighted by atomic mass is 10.0. The predicted molar refractivity (Wildman–Crippen MR) is 128 cm³/mol. The molecule has 0 N–H and O–H groups in total. The van der Waals surface area contributed by atoms with Crippen LogP contribution in [0.3, 0.4) is 0 Å². The molecule has 0 aromatic carbocycles. The van der Waals surface area contributed by atoms with E-state index in [0.29, 0.717) is 16.5 Å². The number of nitrogens with zero attached hydrogens (tertiary/aromatic N) is 3. The van der Waals surface area contributed by atoms with E-state index in [1.807, 2.05) is 0 Å². The third kappa shape index (κ3) is 14.8. The van der Waals surface area contributed by atoms with Crippen LogP contribution in [0.5, 0.6) is 0 Å². The molecule has 2 heterocycles. The van der Waals surface area contributed by atoms with Crippen molar-refractivity contribution < 1.29 is 0 Å². The molecule has 2 saturated heterocycles. The van der Waals surface area contributed by atoms with Crippen LogP contribution in [0.1, 0.15) is 102 Å². The van der Waals surface area contributed by atoms with Gasteiger partial charge < -0.3 is 4.90 Å². The van der Waals surface area contributed by atoms with Crippen LogP contribution in [0.2, 0.25) is 0 Å². The highest BCUT2D eigenvalue weighted by Gasteiger charge is 2.25. The molecule has 170 valence electrons. The fraction of sp³-hybridized carbons (Fsp3) is 1.00. The second kappa shape index (κ2) is 12.5. The van der Waals surface area contributed by atoms with Gasteiger partial charge in [0.15, 0.2) is 0 Å². The van der Waals surface area contributed by atoms with Crippen LogP contribution in [0.25, 0.3) is 0 Å². The lowest BCUT2D eigenvalue weighted by Crippen LogP contribution is -2.53. The first-order valence-electron chi connectivity index (χ1n) is 11.9. The summed E-state index contributed by atoms with van der Waals surface area (Å²) in [6, 6.07) is 0. The van der Waals surface area contributed by atoms with Crippen molar-refractivity contribution in [2.24, 2.45) is 5.41 Å². The largest absolute Gasteiger partial charge is 0.301 e. The zero-order valence-electron chi connectivity index (χ0n) is 21.6. The molecule has 2 aliphatic rings. The first kappa shape index (κ1) is 27.9. The Bertz CT molecular complexity index is 364. The van der Waals surface area contributed by atoms with Crippen molar-refractivity contribution >= 4 is 0 Å². The minimum absolute atomic E-state index is 0.359. The van der Waals surface area contributed by atoms with Crippen molar-refractivity contribution in [2.45, 2.75) is 113 Å². The molecule has 3 nitrogen and oxygen atoms in total. The van der Waals surface area contributed by atoms with Crippen molar-refractivity contribution in [1.82, 2.24) is 14.7 Å². The maximum absolute atomic E-state index is 2.58. The van der Waals surface area contributed by atoms with Crippen LogP contribution in [0.4, 0.5) is 0 Å². The summed E-state index contributed by atoms with van der Waals surface area (Å²) < 4.78 is 0. The van der Waals surface area contributed by atoms with Crippen LogP contribution in [-0.2, 0) is 0 Å². The first-order chi connectivity index (χ1) is 12.6. The van der Waals surface area contributed by atoms with E-state index in [0.717, 1.165) is 0 Å². The Morgan fingerprint density at radius 2 is 0.893 bits per heavy atom. The molecule has 2 fully saturated rings. The number of hydrogen-bond donors (Lipinski definition) is 0. The molecule has 3 heteroatoms. The van der Waals surface area contributed by atoms with Crippen LogP contribution < -0.4 is 0 Å². The zero-order valence-corrected chi connectivity index (χ0v) is 21.6. The van der Waals surface area contributed by atoms with Gasteiger partial charge in [0.25, 0.3) is 0 Å². The Morgan fingerprint density at radius 1 is 0.536 bits per heavy atom. The lowest BCUT2D eigenvalue weighted by Gasteiger charge is -2.42. The van der Waals surface area contributed by atoms with Crippen molar-refractivity contribution in [3.63, 3.8) is 0 Å². The summed E-state index contributed by atoms with van der Waals surface area (Å²) in [6.07, 6.45) is 5.52. The topological polar surface area (TPSA) is 9.72 Å². The van der Waals surface area contributed by atoms with E-state index >= 15 is 0 Å². The highest BCUT2D eigenvalue weighted by molar-refractivity contribution is 4.81. The minimum Gasteiger partial charge on any atom is -0.301 e. The molecule has 2 aliphatic heterocycles. The standard InChI is InChI=1S/C11H24N2.C9H19N.C5H12/c1-5-6-12-7-9-13(10-8-12)11(2,3)4;1-9(2,3)10-7-5-4-6-8-10;1-5(2,3)4/h5-10H2,1-4H3;4-8H2,1-3H3;1-4H3. The zero-order chi connectivity index (χ0) is 22.0. The number of piperidine rings is 1. The third-order valence-corrected chi connectivity index (χ3v) is 5.17. The van der Waals surface area contributed by atoms with E-state index in [1.54, 1.807) is 0 Å². The first-order valence-corrected chi connectivity index (χ1v) is 11.9. The van der Waals surface area contributed by atoms with Gasteiger partial charge in [-0.15, -0.1) is 0 Å². The molecule has 0 bridgehead atoms. The number of piperazine rings is 1. The van der Waals surface area contributed by atoms with Gasteiger partial charge in [-0.2, -0.15) is 0 Å². The van der Waals surface area contributed by atoms with E-state index in [9.17, 15) is 0 Å². The molecule has 0 amide bonds. The Morgan fingerprint density at radius 3 is 1.18 bits per heavy atom. The average molecular weight is 398 g/mol. The molecule has 0 spiro atoms. The summed E-state index contributed by atoms with van der Waals surface area (Å²) in [5.74, 6) is 0. The maximum Gasteiger partial charge on any atom is 0.0126 e. The summed E-state index contributed by atoms with van der Waals surface area (Å²) >= 11 is 0. The molecule has 2 rings (SSSR count). The maximum atomic E-state index is 2.58. The monoisotopic (exact) mass is 397 g/mol. The van der Waals surface area contributed by atoms with Crippen molar-refractivity contribution in [3.05, 3.63) is 0 Å². The van der Waals surface area contributed by atoms with Gasteiger partial charge in [-0.25, -0.2) is 0 Å². The smallest absolute Gasteiger partial charge is 0.0126 e. The van der Waals surface area contributed by atoms with E-state index in [2.05, 4.69) is 90.9 Å². The van der Waals surface area contributed by atoms with Crippen molar-refractivity contribution in [2.75, 3.05) is 45.8 Å². The number of rotatable bonds is 2. The van der Waals surface area contributed by atoms with E-state index < -0.39 is 0 Å². The van der Waals surface area contributed by atoms with Gasteiger partial charge in [-0.05, 0) is 85.9 Å². The molecule has 0 radical (unpaired) electrons. The van der Waals surface area contributed by atoms with Crippen molar-refractivity contribution in [3.8, 4) is 0 Å². The molecule has 28 heavy (non-hydrogen) atoms. The minimum atomic E-state index is 0.359. The predicted octanol–water partition coefficient (Wildman–Crippen LogP) is 6.14. The average Bonchev–Trinajstić information content (AvgIpc) is 2.54. The molecule has 0 unspecified atom stereocenters. The third-order valence-electron chi connectivity index (χ3n) is 5.17.